The lowest BCUT2D eigenvalue weighted by molar-refractivity contribution is 0.00578. The number of rotatable bonds is 3. The average Bonchev–Trinajstić information content (AvgIpc) is 3.00. The second kappa shape index (κ2) is 5.66. The SMILES string of the molecule is CC1(C)OB(/C=C/c2ccc(-c3ccc(F)cc3)o2)OC1(C)C. The molecule has 0 spiro atoms. The van der Waals surface area contributed by atoms with Gasteiger partial charge in [0.25, 0.3) is 0 Å². The molecule has 1 aromatic heterocycles. The van der Waals surface area contributed by atoms with E-state index in [1.165, 1.54) is 12.1 Å². The van der Waals surface area contributed by atoms with Crippen molar-refractivity contribution in [1.82, 2.24) is 0 Å². The monoisotopic (exact) mass is 314 g/mol. The van der Waals surface area contributed by atoms with Gasteiger partial charge in [0.1, 0.15) is 17.3 Å². The van der Waals surface area contributed by atoms with Gasteiger partial charge in [-0.25, -0.2) is 4.39 Å². The zero-order valence-electron chi connectivity index (χ0n) is 13.8. The molecule has 2 aromatic rings. The van der Waals surface area contributed by atoms with Crippen LogP contribution >= 0.6 is 0 Å². The number of hydrogen-bond acceptors (Lipinski definition) is 3. The average molecular weight is 314 g/mol. The highest BCUT2D eigenvalue weighted by molar-refractivity contribution is 6.52. The Bertz CT molecular complexity index is 700. The van der Waals surface area contributed by atoms with E-state index >= 15 is 0 Å². The molecular weight excluding hydrogens is 294 g/mol. The fourth-order valence-corrected chi connectivity index (χ4v) is 2.35. The fourth-order valence-electron chi connectivity index (χ4n) is 2.35. The van der Waals surface area contributed by atoms with Crippen LogP contribution in [0.2, 0.25) is 0 Å². The van der Waals surface area contributed by atoms with Crippen molar-refractivity contribution in [3.63, 3.8) is 0 Å². The summed E-state index contributed by atoms with van der Waals surface area (Å²) in [5.41, 5.74) is 0.121. The summed E-state index contributed by atoms with van der Waals surface area (Å²) in [5, 5.41) is 0. The predicted octanol–water partition coefficient (Wildman–Crippen LogP) is 4.73. The molecule has 2 heterocycles. The maximum atomic E-state index is 13.0. The molecule has 0 saturated carbocycles. The Kier molecular flexibility index (Phi) is 3.94. The first-order valence-corrected chi connectivity index (χ1v) is 7.66. The molecule has 0 bridgehead atoms. The Balaban J connectivity index is 1.71. The summed E-state index contributed by atoms with van der Waals surface area (Å²) in [5.74, 6) is 2.96. The number of hydrogen-bond donors (Lipinski definition) is 0. The molecule has 5 heteroatoms. The molecule has 1 fully saturated rings. The van der Waals surface area contributed by atoms with Crippen LogP contribution in [0.15, 0.2) is 46.8 Å². The second-order valence-corrected chi connectivity index (χ2v) is 6.69. The molecule has 1 saturated heterocycles. The molecule has 0 radical (unpaired) electrons. The minimum Gasteiger partial charge on any atom is -0.457 e. The molecule has 3 nitrogen and oxygen atoms in total. The highest BCUT2D eigenvalue weighted by atomic mass is 19.1. The van der Waals surface area contributed by atoms with Gasteiger partial charge in [0.2, 0.25) is 0 Å². The third-order valence-corrected chi connectivity index (χ3v) is 4.44. The Morgan fingerprint density at radius 2 is 1.52 bits per heavy atom. The molecule has 120 valence electrons. The topological polar surface area (TPSA) is 31.6 Å². The largest absolute Gasteiger partial charge is 0.487 e. The first-order chi connectivity index (χ1) is 10.8. The van der Waals surface area contributed by atoms with Crippen molar-refractivity contribution in [2.45, 2.75) is 38.9 Å². The minimum atomic E-state index is -0.403. The summed E-state index contributed by atoms with van der Waals surface area (Å²) in [4.78, 5) is 0. The molecule has 1 aliphatic rings. The second-order valence-electron chi connectivity index (χ2n) is 6.69. The van der Waals surface area contributed by atoms with E-state index < -0.39 is 7.12 Å². The molecule has 0 N–H and O–H groups in total. The normalized spacial score (nSPS) is 19.6. The summed E-state index contributed by atoms with van der Waals surface area (Å²) < 4.78 is 30.5. The summed E-state index contributed by atoms with van der Waals surface area (Å²) in [6, 6.07) is 9.93. The van der Waals surface area contributed by atoms with Gasteiger partial charge in [0, 0.05) is 5.56 Å². The molecule has 0 aliphatic carbocycles. The summed E-state index contributed by atoms with van der Waals surface area (Å²) in [6.07, 6.45) is 1.83. The van der Waals surface area contributed by atoms with E-state index in [2.05, 4.69) is 0 Å². The minimum absolute atomic E-state index is 0.263. The zero-order valence-corrected chi connectivity index (χ0v) is 13.8. The van der Waals surface area contributed by atoms with E-state index in [1.54, 1.807) is 12.1 Å². The van der Waals surface area contributed by atoms with Crippen molar-refractivity contribution in [3.05, 3.63) is 54.0 Å². The smallest absolute Gasteiger partial charge is 0.457 e. The molecule has 3 rings (SSSR count). The molecule has 1 aliphatic heterocycles. The maximum absolute atomic E-state index is 13.0. The van der Waals surface area contributed by atoms with Gasteiger partial charge >= 0.3 is 7.12 Å². The van der Waals surface area contributed by atoms with Gasteiger partial charge in [0.15, 0.2) is 0 Å². The van der Waals surface area contributed by atoms with Crippen molar-refractivity contribution in [2.75, 3.05) is 0 Å². The molecule has 0 unspecified atom stereocenters. The summed E-state index contributed by atoms with van der Waals surface area (Å²) >= 11 is 0. The van der Waals surface area contributed by atoms with Gasteiger partial charge < -0.3 is 13.7 Å². The number of furan rings is 1. The third-order valence-electron chi connectivity index (χ3n) is 4.44. The van der Waals surface area contributed by atoms with E-state index in [4.69, 9.17) is 13.7 Å². The molecule has 23 heavy (non-hydrogen) atoms. The third kappa shape index (κ3) is 3.26. The highest BCUT2D eigenvalue weighted by Gasteiger charge is 2.50. The van der Waals surface area contributed by atoms with Crippen LogP contribution in [0.4, 0.5) is 4.39 Å². The van der Waals surface area contributed by atoms with Gasteiger partial charge in [-0.1, -0.05) is 5.98 Å². The van der Waals surface area contributed by atoms with Gasteiger partial charge in [-0.15, -0.1) is 0 Å². The van der Waals surface area contributed by atoms with E-state index in [0.717, 1.165) is 5.56 Å². The first-order valence-electron chi connectivity index (χ1n) is 7.66. The molecule has 0 atom stereocenters. The maximum Gasteiger partial charge on any atom is 0.487 e. The van der Waals surface area contributed by atoms with Crippen LogP contribution < -0.4 is 0 Å². The van der Waals surface area contributed by atoms with Gasteiger partial charge in [-0.3, -0.25) is 0 Å². The van der Waals surface area contributed by atoms with Gasteiger partial charge in [-0.2, -0.15) is 0 Å². The lowest BCUT2D eigenvalue weighted by atomic mass is 9.90. The lowest BCUT2D eigenvalue weighted by Gasteiger charge is -2.32. The Morgan fingerprint density at radius 1 is 0.913 bits per heavy atom. The van der Waals surface area contributed by atoms with Crippen LogP contribution in [0.1, 0.15) is 33.5 Å². The van der Waals surface area contributed by atoms with Crippen molar-refractivity contribution in [3.8, 4) is 11.3 Å². The van der Waals surface area contributed by atoms with Crippen molar-refractivity contribution < 1.29 is 18.1 Å². The predicted molar refractivity (Wildman–Crippen MR) is 89.2 cm³/mol. The molecular formula is C18H20BFO3. The standard InChI is InChI=1S/C18H20BFO3/c1-17(2)18(3,4)23-19(22-17)12-11-15-9-10-16(21-15)13-5-7-14(20)8-6-13/h5-12H,1-4H3/b12-11+. The quantitative estimate of drug-likeness (QED) is 0.768. The van der Waals surface area contributed by atoms with Crippen LogP contribution in [0.5, 0.6) is 0 Å². The van der Waals surface area contributed by atoms with Crippen LogP contribution in [0.3, 0.4) is 0 Å². The van der Waals surface area contributed by atoms with E-state index in [-0.39, 0.29) is 17.0 Å². The highest BCUT2D eigenvalue weighted by Crippen LogP contribution is 2.37. The number of benzene rings is 1. The number of halogens is 1. The van der Waals surface area contributed by atoms with Crippen molar-refractivity contribution in [1.29, 1.82) is 0 Å². The van der Waals surface area contributed by atoms with Gasteiger partial charge in [-0.05, 0) is 70.2 Å². The van der Waals surface area contributed by atoms with Crippen LogP contribution in [0, 0.1) is 5.82 Å². The Morgan fingerprint density at radius 3 is 2.13 bits per heavy atom. The van der Waals surface area contributed by atoms with E-state index in [1.807, 2.05) is 51.9 Å². The first kappa shape index (κ1) is 16.0. The van der Waals surface area contributed by atoms with Crippen LogP contribution in [-0.2, 0) is 9.31 Å². The van der Waals surface area contributed by atoms with Crippen molar-refractivity contribution in [2.24, 2.45) is 0 Å². The summed E-state index contributed by atoms with van der Waals surface area (Å²) in [7, 11) is -0.403. The molecule has 1 aromatic carbocycles. The Labute approximate surface area is 136 Å². The Hall–Kier alpha value is -1.85. The van der Waals surface area contributed by atoms with Gasteiger partial charge in [0.05, 0.1) is 11.2 Å². The fraction of sp³-hybridized carbons (Fsp3) is 0.333. The summed E-state index contributed by atoms with van der Waals surface area (Å²) in [6.45, 7) is 8.06. The van der Waals surface area contributed by atoms with E-state index in [9.17, 15) is 4.39 Å². The van der Waals surface area contributed by atoms with Crippen molar-refractivity contribution >= 4 is 13.2 Å². The zero-order chi connectivity index (χ0) is 16.7. The lowest BCUT2D eigenvalue weighted by Crippen LogP contribution is -2.41. The van der Waals surface area contributed by atoms with Crippen LogP contribution in [-0.4, -0.2) is 18.3 Å². The van der Waals surface area contributed by atoms with Crippen LogP contribution in [0.25, 0.3) is 17.4 Å². The van der Waals surface area contributed by atoms with E-state index in [0.29, 0.717) is 11.5 Å². The molecule has 0 amide bonds.